The van der Waals surface area contributed by atoms with Crippen LogP contribution in [0.15, 0.2) is 24.3 Å². The fraction of sp³-hybridized carbons (Fsp3) is 0.579. The van der Waals surface area contributed by atoms with Crippen LogP contribution in [-0.4, -0.2) is 42.4 Å². The molecule has 0 atom stereocenters. The minimum Gasteiger partial charge on any atom is -0.370 e. The van der Waals surface area contributed by atoms with Gasteiger partial charge in [-0.3, -0.25) is 14.5 Å². The number of rotatable bonds is 8. The van der Waals surface area contributed by atoms with Crippen LogP contribution in [0.1, 0.15) is 45.4 Å². The lowest BCUT2D eigenvalue weighted by Gasteiger charge is -2.34. The summed E-state index contributed by atoms with van der Waals surface area (Å²) in [5, 5.41) is 0. The smallest absolute Gasteiger partial charge is 0.241 e. The summed E-state index contributed by atoms with van der Waals surface area (Å²) in [7, 11) is 0. The normalized spacial score (nSPS) is 15.3. The molecule has 0 radical (unpaired) electrons. The quantitative estimate of drug-likeness (QED) is 0.785. The molecular formula is C19H28FN3O2. The molecule has 0 heterocycles. The fourth-order valence-electron chi connectivity index (χ4n) is 3.45. The number of hydrogen-bond acceptors (Lipinski definition) is 3. The van der Waals surface area contributed by atoms with Crippen LogP contribution in [0.2, 0.25) is 0 Å². The van der Waals surface area contributed by atoms with Gasteiger partial charge in [0.2, 0.25) is 11.8 Å². The Labute approximate surface area is 149 Å². The molecule has 1 aliphatic rings. The van der Waals surface area contributed by atoms with Crippen molar-refractivity contribution in [1.82, 2.24) is 4.90 Å². The first-order valence-electron chi connectivity index (χ1n) is 9.09. The zero-order chi connectivity index (χ0) is 18.2. The molecule has 1 aromatic rings. The number of hydrogen-bond donors (Lipinski definition) is 1. The van der Waals surface area contributed by atoms with E-state index in [9.17, 15) is 14.0 Å². The van der Waals surface area contributed by atoms with E-state index in [0.29, 0.717) is 18.3 Å². The van der Waals surface area contributed by atoms with Crippen molar-refractivity contribution in [3.8, 4) is 0 Å². The number of benzene rings is 1. The third-order valence-corrected chi connectivity index (χ3v) is 4.86. The minimum absolute atomic E-state index is 0.0820. The molecule has 0 bridgehead atoms. The van der Waals surface area contributed by atoms with Crippen molar-refractivity contribution in [1.29, 1.82) is 0 Å². The van der Waals surface area contributed by atoms with Crippen molar-refractivity contribution in [3.63, 3.8) is 0 Å². The van der Waals surface area contributed by atoms with Crippen molar-refractivity contribution < 1.29 is 14.0 Å². The maximum absolute atomic E-state index is 13.2. The SMILES string of the molecule is CCN(CC(=O)N(CCC(N)=O)c1ccc(F)cc1)C1CCCCC1. The van der Waals surface area contributed by atoms with Crippen molar-refractivity contribution in [2.75, 3.05) is 24.5 Å². The van der Waals surface area contributed by atoms with E-state index in [1.54, 1.807) is 12.1 Å². The molecule has 1 aliphatic carbocycles. The third kappa shape index (κ3) is 5.81. The summed E-state index contributed by atoms with van der Waals surface area (Å²) in [6.07, 6.45) is 6.01. The van der Waals surface area contributed by atoms with Gasteiger partial charge >= 0.3 is 0 Å². The van der Waals surface area contributed by atoms with Gasteiger partial charge in [0, 0.05) is 24.7 Å². The van der Waals surface area contributed by atoms with Crippen LogP contribution in [0, 0.1) is 5.82 Å². The molecule has 5 nitrogen and oxygen atoms in total. The lowest BCUT2D eigenvalue weighted by molar-refractivity contribution is -0.120. The fourth-order valence-corrected chi connectivity index (χ4v) is 3.45. The maximum atomic E-state index is 13.2. The minimum atomic E-state index is -0.459. The van der Waals surface area contributed by atoms with Gasteiger partial charge in [-0.15, -0.1) is 0 Å². The van der Waals surface area contributed by atoms with Gasteiger partial charge in [-0.1, -0.05) is 26.2 Å². The van der Waals surface area contributed by atoms with Crippen molar-refractivity contribution in [3.05, 3.63) is 30.1 Å². The maximum Gasteiger partial charge on any atom is 0.241 e. The number of anilines is 1. The number of carbonyl (C=O) groups excluding carboxylic acids is 2. The van der Waals surface area contributed by atoms with Crippen molar-refractivity contribution in [2.45, 2.75) is 51.5 Å². The Morgan fingerprint density at radius 2 is 1.80 bits per heavy atom. The molecule has 0 aromatic heterocycles. The highest BCUT2D eigenvalue weighted by Gasteiger charge is 2.25. The highest BCUT2D eigenvalue weighted by atomic mass is 19.1. The van der Waals surface area contributed by atoms with Crippen LogP contribution < -0.4 is 10.6 Å². The van der Waals surface area contributed by atoms with Gasteiger partial charge in [0.25, 0.3) is 0 Å². The topological polar surface area (TPSA) is 66.6 Å². The Morgan fingerprint density at radius 1 is 1.16 bits per heavy atom. The van der Waals surface area contributed by atoms with Crippen LogP contribution in [0.4, 0.5) is 10.1 Å². The van der Waals surface area contributed by atoms with Gasteiger partial charge < -0.3 is 10.6 Å². The summed E-state index contributed by atoms with van der Waals surface area (Å²) in [5.74, 6) is -0.900. The van der Waals surface area contributed by atoms with E-state index < -0.39 is 5.91 Å². The van der Waals surface area contributed by atoms with Crippen LogP contribution in [0.3, 0.4) is 0 Å². The summed E-state index contributed by atoms with van der Waals surface area (Å²) in [5.41, 5.74) is 5.83. The van der Waals surface area contributed by atoms with E-state index >= 15 is 0 Å². The Bertz CT molecular complexity index is 571. The summed E-state index contributed by atoms with van der Waals surface area (Å²) >= 11 is 0. The predicted octanol–water partition coefficient (Wildman–Crippen LogP) is 2.69. The molecular weight excluding hydrogens is 321 g/mol. The second-order valence-corrected chi connectivity index (χ2v) is 6.59. The third-order valence-electron chi connectivity index (χ3n) is 4.86. The molecule has 1 fully saturated rings. The van der Waals surface area contributed by atoms with E-state index in [1.165, 1.54) is 36.3 Å². The molecule has 0 spiro atoms. The lowest BCUT2D eigenvalue weighted by atomic mass is 9.94. The molecule has 0 unspecified atom stereocenters. The Morgan fingerprint density at radius 3 is 2.36 bits per heavy atom. The van der Waals surface area contributed by atoms with Crippen molar-refractivity contribution in [2.24, 2.45) is 5.73 Å². The van der Waals surface area contributed by atoms with Gasteiger partial charge in [0.15, 0.2) is 0 Å². The lowest BCUT2D eigenvalue weighted by Crippen LogP contribution is -2.46. The average molecular weight is 349 g/mol. The van der Waals surface area contributed by atoms with Crippen LogP contribution in [0.25, 0.3) is 0 Å². The van der Waals surface area contributed by atoms with Gasteiger partial charge in [-0.25, -0.2) is 4.39 Å². The largest absolute Gasteiger partial charge is 0.370 e. The van der Waals surface area contributed by atoms with Gasteiger partial charge in [-0.2, -0.15) is 0 Å². The van der Waals surface area contributed by atoms with Gasteiger partial charge in [0.1, 0.15) is 5.82 Å². The first kappa shape index (κ1) is 19.4. The number of carbonyl (C=O) groups is 2. The van der Waals surface area contributed by atoms with E-state index in [-0.39, 0.29) is 24.7 Å². The Kier molecular flexibility index (Phi) is 7.37. The first-order chi connectivity index (χ1) is 12.0. The molecule has 6 heteroatoms. The molecule has 2 N–H and O–H groups in total. The van der Waals surface area contributed by atoms with Crippen LogP contribution in [-0.2, 0) is 9.59 Å². The standard InChI is InChI=1S/C19H28FN3O2/c1-2-22(16-6-4-3-5-7-16)14-19(25)23(13-12-18(21)24)17-10-8-15(20)9-11-17/h8-11,16H,2-7,12-14H2,1H3,(H2,21,24). The monoisotopic (exact) mass is 349 g/mol. The molecule has 2 rings (SSSR count). The molecule has 1 aromatic carbocycles. The average Bonchev–Trinajstić information content (AvgIpc) is 2.61. The molecule has 1 saturated carbocycles. The Balaban J connectivity index is 2.09. The van der Waals surface area contributed by atoms with E-state index in [0.717, 1.165) is 19.4 Å². The first-order valence-corrected chi connectivity index (χ1v) is 9.09. The summed E-state index contributed by atoms with van der Waals surface area (Å²) in [6.45, 7) is 3.39. The molecule has 0 aliphatic heterocycles. The zero-order valence-electron chi connectivity index (χ0n) is 14.9. The molecule has 2 amide bonds. The van der Waals surface area contributed by atoms with Crippen molar-refractivity contribution >= 4 is 17.5 Å². The highest BCUT2D eigenvalue weighted by Crippen LogP contribution is 2.23. The number of primary amides is 1. The van der Waals surface area contributed by atoms with Gasteiger partial charge in [0.05, 0.1) is 6.54 Å². The Hall–Kier alpha value is -1.95. The predicted molar refractivity (Wildman–Crippen MR) is 96.7 cm³/mol. The summed E-state index contributed by atoms with van der Waals surface area (Å²) in [6, 6.07) is 6.20. The van der Waals surface area contributed by atoms with Crippen LogP contribution >= 0.6 is 0 Å². The van der Waals surface area contributed by atoms with Gasteiger partial charge in [-0.05, 0) is 43.7 Å². The summed E-state index contributed by atoms with van der Waals surface area (Å²) in [4.78, 5) is 27.8. The number of nitrogens with two attached hydrogens (primary N) is 1. The van der Waals surface area contributed by atoms with E-state index in [4.69, 9.17) is 5.73 Å². The number of halogens is 1. The molecule has 138 valence electrons. The number of amides is 2. The van der Waals surface area contributed by atoms with Crippen LogP contribution in [0.5, 0.6) is 0 Å². The highest BCUT2D eigenvalue weighted by molar-refractivity contribution is 5.95. The van der Waals surface area contributed by atoms with E-state index in [1.807, 2.05) is 0 Å². The number of likely N-dealkylation sites (N-methyl/N-ethyl adjacent to an activating group) is 1. The second-order valence-electron chi connectivity index (χ2n) is 6.59. The zero-order valence-corrected chi connectivity index (χ0v) is 14.9. The van der Waals surface area contributed by atoms with E-state index in [2.05, 4.69) is 11.8 Å². The molecule has 0 saturated heterocycles. The number of nitrogens with zero attached hydrogens (tertiary/aromatic N) is 2. The second kappa shape index (κ2) is 9.51. The summed E-state index contributed by atoms with van der Waals surface area (Å²) < 4.78 is 13.2. The molecule has 25 heavy (non-hydrogen) atoms.